The molecule has 0 aliphatic rings. The number of hydrogen-bond acceptors (Lipinski definition) is 7. The lowest BCUT2D eigenvalue weighted by atomic mass is 10.4. The van der Waals surface area contributed by atoms with Crippen LogP contribution in [0.3, 0.4) is 0 Å². The van der Waals surface area contributed by atoms with E-state index in [-0.39, 0.29) is 0 Å². The van der Waals surface area contributed by atoms with E-state index >= 15 is 0 Å². The third kappa shape index (κ3) is 4.04. The molecule has 0 aromatic carbocycles. The number of nitrogens with one attached hydrogen (secondary N) is 2. The Labute approximate surface area is 136 Å². The van der Waals surface area contributed by atoms with Crippen LogP contribution in [0.5, 0.6) is 0 Å². The zero-order valence-corrected chi connectivity index (χ0v) is 13.0. The largest absolute Gasteiger partial charge is 0.368 e. The number of hydrogen-bond donors (Lipinski definition) is 3. The van der Waals surface area contributed by atoms with Crippen molar-refractivity contribution >= 4 is 34.0 Å². The number of carbonyl (C=O) groups excluding carboxylic acids is 1. The van der Waals surface area contributed by atoms with Crippen molar-refractivity contribution in [2.75, 3.05) is 17.2 Å². The highest BCUT2D eigenvalue weighted by atomic mass is 32.1. The zero-order valence-electron chi connectivity index (χ0n) is 12.1. The van der Waals surface area contributed by atoms with E-state index < -0.39 is 5.91 Å². The Morgan fingerprint density at radius 3 is 2.96 bits per heavy atom. The maximum absolute atomic E-state index is 11.1. The summed E-state index contributed by atoms with van der Waals surface area (Å²) in [6.45, 7) is 1.53. The van der Waals surface area contributed by atoms with E-state index in [1.807, 2.05) is 29.0 Å². The highest BCUT2D eigenvalue weighted by molar-refractivity contribution is 7.17. The second-order valence-corrected chi connectivity index (χ2v) is 5.68. The summed E-state index contributed by atoms with van der Waals surface area (Å²) < 4.78 is 1.98. The molecule has 0 saturated heterocycles. The predicted molar refractivity (Wildman–Crippen MR) is 88.9 cm³/mol. The smallest absolute Gasteiger partial charge is 0.260 e. The summed E-state index contributed by atoms with van der Waals surface area (Å²) in [5, 5.41) is 6.87. The summed E-state index contributed by atoms with van der Waals surface area (Å²) in [7, 11) is 0. The van der Waals surface area contributed by atoms with Gasteiger partial charge in [0.25, 0.3) is 5.91 Å². The van der Waals surface area contributed by atoms with Crippen LogP contribution in [0.4, 0.5) is 16.8 Å². The van der Waals surface area contributed by atoms with Gasteiger partial charge in [-0.25, -0.2) is 15.0 Å². The fourth-order valence-corrected chi connectivity index (χ4v) is 2.57. The molecule has 0 saturated carbocycles. The molecule has 0 aliphatic carbocycles. The van der Waals surface area contributed by atoms with Gasteiger partial charge in [-0.3, -0.25) is 4.79 Å². The van der Waals surface area contributed by atoms with E-state index in [9.17, 15) is 4.79 Å². The highest BCUT2D eigenvalue weighted by Crippen LogP contribution is 2.21. The number of carbonyl (C=O) groups is 1. The standard InChI is InChI=1S/C14H15N7OS/c15-13(22)10-8-18-14(23-10)20-12-3-1-2-11(19-12)17-5-7-21-6-4-16-9-21/h1-4,6,8-9H,5,7H2,(H2,15,22)(H2,17,18,19,20). The van der Waals surface area contributed by atoms with Gasteiger partial charge < -0.3 is 20.9 Å². The first-order valence-electron chi connectivity index (χ1n) is 6.90. The molecule has 0 unspecified atom stereocenters. The Morgan fingerprint density at radius 2 is 2.22 bits per heavy atom. The highest BCUT2D eigenvalue weighted by Gasteiger charge is 2.07. The minimum Gasteiger partial charge on any atom is -0.368 e. The van der Waals surface area contributed by atoms with Crippen molar-refractivity contribution in [3.63, 3.8) is 0 Å². The molecule has 0 atom stereocenters. The van der Waals surface area contributed by atoms with Crippen LogP contribution in [0.15, 0.2) is 43.1 Å². The molecule has 3 heterocycles. The van der Waals surface area contributed by atoms with Gasteiger partial charge in [0.15, 0.2) is 5.13 Å². The molecule has 23 heavy (non-hydrogen) atoms. The van der Waals surface area contributed by atoms with Gasteiger partial charge in [-0.1, -0.05) is 17.4 Å². The van der Waals surface area contributed by atoms with E-state index in [1.54, 1.807) is 12.5 Å². The Bertz CT molecular complexity index is 784. The summed E-state index contributed by atoms with van der Waals surface area (Å²) in [6, 6.07) is 5.60. The first-order valence-corrected chi connectivity index (χ1v) is 7.72. The number of pyridine rings is 1. The lowest BCUT2D eigenvalue weighted by molar-refractivity contribution is 0.100. The van der Waals surface area contributed by atoms with Crippen LogP contribution in [0, 0.1) is 0 Å². The molecule has 9 heteroatoms. The van der Waals surface area contributed by atoms with Crippen LogP contribution in [-0.2, 0) is 6.54 Å². The molecular formula is C14H15N7OS. The second kappa shape index (κ2) is 6.88. The maximum Gasteiger partial charge on any atom is 0.260 e. The first kappa shape index (κ1) is 15.0. The van der Waals surface area contributed by atoms with Crippen LogP contribution in [0.1, 0.15) is 9.67 Å². The van der Waals surface area contributed by atoms with Crippen molar-refractivity contribution in [3.05, 3.63) is 48.0 Å². The second-order valence-electron chi connectivity index (χ2n) is 4.65. The van der Waals surface area contributed by atoms with Crippen molar-refractivity contribution < 1.29 is 4.79 Å². The topological polar surface area (TPSA) is 111 Å². The molecule has 1 amide bonds. The Balaban J connectivity index is 1.59. The van der Waals surface area contributed by atoms with Gasteiger partial charge in [0.2, 0.25) is 0 Å². The average molecular weight is 329 g/mol. The lowest BCUT2D eigenvalue weighted by Gasteiger charge is -2.08. The average Bonchev–Trinajstić information content (AvgIpc) is 3.19. The third-order valence-corrected chi connectivity index (χ3v) is 3.90. The summed E-state index contributed by atoms with van der Waals surface area (Å²) in [6.07, 6.45) is 6.87. The minimum atomic E-state index is -0.488. The molecule has 4 N–H and O–H groups in total. The molecule has 0 bridgehead atoms. The third-order valence-electron chi connectivity index (χ3n) is 2.97. The van der Waals surface area contributed by atoms with Crippen molar-refractivity contribution in [2.45, 2.75) is 6.54 Å². The van der Waals surface area contributed by atoms with Crippen molar-refractivity contribution in [3.8, 4) is 0 Å². The molecule has 8 nitrogen and oxygen atoms in total. The normalized spacial score (nSPS) is 10.4. The van der Waals surface area contributed by atoms with Crippen LogP contribution >= 0.6 is 11.3 Å². The predicted octanol–water partition coefficient (Wildman–Crippen LogP) is 1.69. The molecule has 0 fully saturated rings. The van der Waals surface area contributed by atoms with Crippen LogP contribution in [-0.4, -0.2) is 32.0 Å². The van der Waals surface area contributed by atoms with E-state index in [0.717, 1.165) is 18.9 Å². The van der Waals surface area contributed by atoms with Crippen LogP contribution in [0.25, 0.3) is 0 Å². The van der Waals surface area contributed by atoms with E-state index in [4.69, 9.17) is 5.73 Å². The van der Waals surface area contributed by atoms with E-state index in [2.05, 4.69) is 25.6 Å². The van der Waals surface area contributed by atoms with Crippen LogP contribution < -0.4 is 16.4 Å². The molecular weight excluding hydrogens is 314 g/mol. The summed E-state index contributed by atoms with van der Waals surface area (Å²) in [5.74, 6) is 0.906. The first-order chi connectivity index (χ1) is 11.2. The SMILES string of the molecule is NC(=O)c1cnc(Nc2cccc(NCCn3ccnc3)n2)s1. The molecule has 3 aromatic heterocycles. The van der Waals surface area contributed by atoms with Gasteiger partial charge in [0.05, 0.1) is 12.5 Å². The summed E-state index contributed by atoms with van der Waals surface area (Å²) in [5.41, 5.74) is 5.21. The van der Waals surface area contributed by atoms with Gasteiger partial charge in [-0.15, -0.1) is 0 Å². The maximum atomic E-state index is 11.1. The molecule has 0 spiro atoms. The van der Waals surface area contributed by atoms with Crippen LogP contribution in [0.2, 0.25) is 0 Å². The minimum absolute atomic E-state index is 0.405. The monoisotopic (exact) mass is 329 g/mol. The number of nitrogens with zero attached hydrogens (tertiary/aromatic N) is 4. The van der Waals surface area contributed by atoms with Crippen molar-refractivity contribution in [1.29, 1.82) is 0 Å². The quantitative estimate of drug-likeness (QED) is 0.608. The molecule has 118 valence electrons. The number of aromatic nitrogens is 4. The number of amides is 1. The van der Waals surface area contributed by atoms with E-state index in [1.165, 1.54) is 17.5 Å². The Hall–Kier alpha value is -2.94. The van der Waals surface area contributed by atoms with Gasteiger partial charge >= 0.3 is 0 Å². The van der Waals surface area contributed by atoms with Gasteiger partial charge in [-0.2, -0.15) is 0 Å². The number of thiazole rings is 1. The van der Waals surface area contributed by atoms with Crippen molar-refractivity contribution in [2.24, 2.45) is 5.73 Å². The molecule has 3 aromatic rings. The summed E-state index contributed by atoms with van der Waals surface area (Å²) in [4.78, 5) is 24.0. The Morgan fingerprint density at radius 1 is 1.35 bits per heavy atom. The molecule has 0 radical (unpaired) electrons. The Kier molecular flexibility index (Phi) is 4.48. The number of primary amides is 1. The van der Waals surface area contributed by atoms with Gasteiger partial charge in [0.1, 0.15) is 16.5 Å². The lowest BCUT2D eigenvalue weighted by Crippen LogP contribution is -2.10. The van der Waals surface area contributed by atoms with E-state index in [0.29, 0.717) is 15.8 Å². The fraction of sp³-hybridized carbons (Fsp3) is 0.143. The zero-order chi connectivity index (χ0) is 16.1. The van der Waals surface area contributed by atoms with Gasteiger partial charge in [-0.05, 0) is 12.1 Å². The summed E-state index contributed by atoms with van der Waals surface area (Å²) >= 11 is 1.19. The number of rotatable bonds is 7. The number of anilines is 3. The van der Waals surface area contributed by atoms with Gasteiger partial charge in [0, 0.05) is 25.5 Å². The van der Waals surface area contributed by atoms with Crippen molar-refractivity contribution in [1.82, 2.24) is 19.5 Å². The number of nitrogens with two attached hydrogens (primary N) is 1. The fourth-order valence-electron chi connectivity index (χ4n) is 1.89. The molecule has 0 aliphatic heterocycles. The molecule has 3 rings (SSSR count). The number of imidazole rings is 1.